The number of carbonyl (C=O) groups excluding carboxylic acids is 2. The lowest BCUT2D eigenvalue weighted by molar-refractivity contribution is -0.0147. The van der Waals surface area contributed by atoms with E-state index in [-0.39, 0.29) is 46.9 Å². The largest absolute Gasteiger partial charge is 0.443 e. The molecule has 3 atom stereocenters. The molecule has 2 saturated carbocycles. The van der Waals surface area contributed by atoms with Gasteiger partial charge in [0.05, 0.1) is 24.0 Å². The van der Waals surface area contributed by atoms with Gasteiger partial charge in [0.2, 0.25) is 0 Å². The van der Waals surface area contributed by atoms with E-state index in [1.807, 2.05) is 0 Å². The third kappa shape index (κ3) is 5.48. The van der Waals surface area contributed by atoms with Crippen LogP contribution in [0.3, 0.4) is 0 Å². The monoisotopic (exact) mass is 557 g/mol. The summed E-state index contributed by atoms with van der Waals surface area (Å²) in [6.07, 6.45) is 6.36. The summed E-state index contributed by atoms with van der Waals surface area (Å²) in [6.45, 7) is 5.30. The molecule has 13 heteroatoms. The van der Waals surface area contributed by atoms with Crippen LogP contribution in [-0.4, -0.2) is 87.0 Å². The Bertz CT molecular complexity index is 1340. The number of nitrogens with one attached hydrogen (secondary N) is 2. The number of alkyl halides is 1. The van der Waals surface area contributed by atoms with E-state index < -0.39 is 24.1 Å². The van der Waals surface area contributed by atoms with Gasteiger partial charge in [0.1, 0.15) is 29.0 Å². The fourth-order valence-electron chi connectivity index (χ4n) is 4.91. The minimum atomic E-state index is -1.05. The van der Waals surface area contributed by atoms with E-state index >= 15 is 0 Å². The number of hydrogen-bond donors (Lipinski definition) is 3. The van der Waals surface area contributed by atoms with Gasteiger partial charge in [0.15, 0.2) is 11.9 Å². The van der Waals surface area contributed by atoms with Gasteiger partial charge in [0, 0.05) is 32.5 Å². The summed E-state index contributed by atoms with van der Waals surface area (Å²) < 4.78 is 25.8. The second-order valence-corrected chi connectivity index (χ2v) is 11.4. The maximum Gasteiger partial charge on any atom is 0.415 e. The Hall–Kier alpha value is -3.71. The van der Waals surface area contributed by atoms with Crippen LogP contribution < -0.4 is 15.5 Å². The Balaban J connectivity index is 1.47. The lowest BCUT2D eigenvalue weighted by Gasteiger charge is -2.43. The average molecular weight is 558 g/mol. The fourth-order valence-corrected chi connectivity index (χ4v) is 4.91. The van der Waals surface area contributed by atoms with Gasteiger partial charge in [-0.3, -0.25) is 9.69 Å². The zero-order chi connectivity index (χ0) is 28.8. The lowest BCUT2D eigenvalue weighted by atomic mass is 9.88. The fraction of sp³-hybridized carbons (Fsp3) is 0.556. The third-order valence-electron chi connectivity index (χ3n) is 7.38. The summed E-state index contributed by atoms with van der Waals surface area (Å²) in [4.78, 5) is 33.8. The molecule has 0 spiro atoms. The molecule has 2 amide bonds. The van der Waals surface area contributed by atoms with Crippen molar-refractivity contribution < 1.29 is 28.6 Å². The van der Waals surface area contributed by atoms with E-state index in [0.717, 1.165) is 12.8 Å². The van der Waals surface area contributed by atoms with Crippen LogP contribution in [0.4, 0.5) is 20.8 Å². The first-order valence-electron chi connectivity index (χ1n) is 13.4. The number of rotatable bonds is 7. The molecule has 2 aliphatic carbocycles. The number of anilines is 2. The van der Waals surface area contributed by atoms with Crippen molar-refractivity contribution in [3.05, 3.63) is 41.9 Å². The van der Waals surface area contributed by atoms with Crippen LogP contribution in [0.15, 0.2) is 36.3 Å². The van der Waals surface area contributed by atoms with Crippen LogP contribution in [0.1, 0.15) is 56.8 Å². The molecule has 2 fully saturated rings. The average Bonchev–Trinajstić information content (AvgIpc) is 3.28. The predicted molar refractivity (Wildman–Crippen MR) is 146 cm³/mol. The number of methoxy groups -OCH3 is 1. The van der Waals surface area contributed by atoms with Crippen molar-refractivity contribution in [2.45, 2.75) is 82.6 Å². The number of amides is 2. The number of nitrogens with zero attached hydrogens (tertiary/aromatic N) is 5. The van der Waals surface area contributed by atoms with Gasteiger partial charge in [0.25, 0.3) is 5.91 Å². The molecule has 3 N–H and O–H groups in total. The molecule has 0 bridgehead atoms. The summed E-state index contributed by atoms with van der Waals surface area (Å²) in [5, 5.41) is 21.5. The molecule has 0 aromatic carbocycles. The van der Waals surface area contributed by atoms with Gasteiger partial charge < -0.3 is 30.1 Å². The van der Waals surface area contributed by atoms with Gasteiger partial charge in [-0.2, -0.15) is 9.61 Å². The Kier molecular flexibility index (Phi) is 7.44. The highest BCUT2D eigenvalue weighted by Gasteiger charge is 2.37. The van der Waals surface area contributed by atoms with Crippen molar-refractivity contribution in [1.82, 2.24) is 24.8 Å². The number of ether oxygens (including phenoxy) is 2. The molecule has 2 aromatic heterocycles. The van der Waals surface area contributed by atoms with E-state index in [1.54, 1.807) is 57.2 Å². The zero-order valence-corrected chi connectivity index (χ0v) is 23.3. The number of carbonyl (C=O) groups is 2. The Labute approximate surface area is 231 Å². The lowest BCUT2D eigenvalue weighted by Crippen LogP contribution is -2.51. The molecule has 0 saturated heterocycles. The number of fused-ring (bicyclic) bond motifs is 1. The zero-order valence-electron chi connectivity index (χ0n) is 23.3. The quantitative estimate of drug-likeness (QED) is 0.470. The highest BCUT2D eigenvalue weighted by molar-refractivity contribution is 6.00. The minimum absolute atomic E-state index is 0.0519. The van der Waals surface area contributed by atoms with E-state index in [1.165, 1.54) is 22.7 Å². The summed E-state index contributed by atoms with van der Waals surface area (Å²) in [7, 11) is 3.15. The van der Waals surface area contributed by atoms with Crippen molar-refractivity contribution in [3.8, 4) is 0 Å². The summed E-state index contributed by atoms with van der Waals surface area (Å²) in [5.74, 6) is 0.189. The van der Waals surface area contributed by atoms with Gasteiger partial charge in [-0.15, -0.1) is 0 Å². The Morgan fingerprint density at radius 1 is 1.25 bits per heavy atom. The topological polar surface area (TPSA) is 134 Å². The van der Waals surface area contributed by atoms with Crippen LogP contribution in [0, 0.1) is 0 Å². The van der Waals surface area contributed by atoms with Gasteiger partial charge in [-0.05, 0) is 58.6 Å². The molecular formula is C27H36FN7O5. The van der Waals surface area contributed by atoms with Gasteiger partial charge >= 0.3 is 6.09 Å². The second kappa shape index (κ2) is 10.7. The molecule has 1 aliphatic heterocycles. The Morgan fingerprint density at radius 2 is 2.00 bits per heavy atom. The molecule has 2 aromatic rings. The minimum Gasteiger partial charge on any atom is -0.443 e. The smallest absolute Gasteiger partial charge is 0.415 e. The number of hydrogen-bond acceptors (Lipinski definition) is 9. The van der Waals surface area contributed by atoms with Crippen molar-refractivity contribution in [1.29, 1.82) is 0 Å². The molecule has 2 unspecified atom stereocenters. The molecule has 3 heterocycles. The van der Waals surface area contributed by atoms with Crippen LogP contribution >= 0.6 is 0 Å². The normalized spacial score (nSPS) is 26.0. The van der Waals surface area contributed by atoms with E-state index in [9.17, 15) is 19.1 Å². The number of allylic oxidation sites excluding steroid dienone is 2. The van der Waals surface area contributed by atoms with Crippen molar-refractivity contribution in [3.63, 3.8) is 0 Å². The van der Waals surface area contributed by atoms with Crippen molar-refractivity contribution in [2.24, 2.45) is 0 Å². The highest BCUT2D eigenvalue weighted by atomic mass is 19.1. The maximum absolute atomic E-state index is 13.5. The molecule has 12 nitrogen and oxygen atoms in total. The summed E-state index contributed by atoms with van der Waals surface area (Å²) in [6, 6.07) is 1.35. The van der Waals surface area contributed by atoms with Crippen LogP contribution in [0.2, 0.25) is 0 Å². The third-order valence-corrected chi connectivity index (χ3v) is 7.38. The first-order chi connectivity index (χ1) is 18.9. The number of aliphatic hydroxyl groups excluding tert-OH is 1. The molecule has 5 rings (SSSR count). The van der Waals surface area contributed by atoms with E-state index in [0.29, 0.717) is 18.5 Å². The molecule has 0 radical (unpaired) electrons. The van der Waals surface area contributed by atoms with E-state index in [2.05, 4.69) is 20.7 Å². The molecule has 40 heavy (non-hydrogen) atoms. The second-order valence-electron chi connectivity index (χ2n) is 11.4. The Morgan fingerprint density at radius 3 is 2.62 bits per heavy atom. The highest BCUT2D eigenvalue weighted by Crippen LogP contribution is 2.33. The van der Waals surface area contributed by atoms with Gasteiger partial charge in [-0.1, -0.05) is 0 Å². The van der Waals surface area contributed by atoms with Crippen molar-refractivity contribution >= 4 is 29.3 Å². The molecule has 216 valence electrons. The summed E-state index contributed by atoms with van der Waals surface area (Å²) >= 11 is 0. The summed E-state index contributed by atoms with van der Waals surface area (Å²) in [5.41, 5.74) is 0.100. The van der Waals surface area contributed by atoms with E-state index in [4.69, 9.17) is 9.47 Å². The number of halogens is 1. The first-order valence-corrected chi connectivity index (χ1v) is 13.4. The molecule has 3 aliphatic rings. The maximum atomic E-state index is 13.5. The van der Waals surface area contributed by atoms with Crippen LogP contribution in [0.5, 0.6) is 0 Å². The standard InChI is InChI=1S/C27H36FN7O5/c1-27(2,3)40-26(38)33(4)22-13-21(30-19-7-6-10-34(25(19)37)16-11-15(28)12-16)32-23-17(14-29-35(22)23)24(36)31-18-8-9-20(18)39-5/h6-7,10,13-16,18,20,25,37H,8-9,11-12H2,1-5H3,(H,30,32)(H,31,36)/t15-,16-,18?,20-,25?/m0/s1. The number of aromatic nitrogens is 3. The molecular weight excluding hydrogens is 521 g/mol. The van der Waals surface area contributed by atoms with Crippen LogP contribution in [-0.2, 0) is 9.47 Å². The van der Waals surface area contributed by atoms with Crippen molar-refractivity contribution in [2.75, 3.05) is 24.4 Å². The van der Waals surface area contributed by atoms with Gasteiger partial charge in [-0.25, -0.2) is 14.2 Å². The number of aliphatic hydroxyl groups is 1. The predicted octanol–water partition coefficient (Wildman–Crippen LogP) is 2.95. The SMILES string of the molecule is CO[C@H]1CCC1NC(=O)c1cnn2c(N(C)C(=O)OC(C)(C)C)cc(NC3=CC=CN([C@H]4C[C@H](F)C4)C3O)nc12. The van der Waals surface area contributed by atoms with Crippen LogP contribution in [0.25, 0.3) is 5.65 Å². The first kappa shape index (κ1) is 27.8.